The normalized spacial score (nSPS) is 11.4. The fraction of sp³-hybridized carbons (Fsp3) is 0.300. The van der Waals surface area contributed by atoms with Gasteiger partial charge >= 0.3 is 5.97 Å². The van der Waals surface area contributed by atoms with E-state index in [1.165, 1.54) is 24.3 Å². The van der Waals surface area contributed by atoms with Gasteiger partial charge in [0.25, 0.3) is 5.78 Å². The number of aromatic hydroxyl groups is 1. The van der Waals surface area contributed by atoms with Crippen LogP contribution in [0.4, 0.5) is 0 Å². The Morgan fingerprint density at radius 3 is 2.07 bits per heavy atom. The fourth-order valence-electron chi connectivity index (χ4n) is 1.06. The lowest BCUT2D eigenvalue weighted by Crippen LogP contribution is -2.42. The van der Waals surface area contributed by atoms with Crippen molar-refractivity contribution in [3.05, 3.63) is 29.8 Å². The lowest BCUT2D eigenvalue weighted by atomic mass is 10.1. The van der Waals surface area contributed by atoms with Crippen LogP contribution in [0.3, 0.4) is 0 Å². The van der Waals surface area contributed by atoms with Crippen molar-refractivity contribution in [1.82, 2.24) is 0 Å². The van der Waals surface area contributed by atoms with Gasteiger partial charge in [-0.1, -0.05) is 0 Å². The van der Waals surface area contributed by atoms with Gasteiger partial charge in [-0.05, 0) is 24.3 Å². The molecule has 0 aliphatic rings. The van der Waals surface area contributed by atoms with Gasteiger partial charge in [-0.15, -0.1) is 0 Å². The monoisotopic (exact) mass is 212 g/mol. The van der Waals surface area contributed by atoms with Crippen LogP contribution in [0.1, 0.15) is 10.4 Å². The Labute approximate surface area is 86.9 Å². The topological polar surface area (TPSA) is 76.0 Å². The number of ether oxygens (including phenoxy) is 2. The van der Waals surface area contributed by atoms with Gasteiger partial charge in [-0.3, -0.25) is 4.79 Å². The van der Waals surface area contributed by atoms with E-state index in [0.29, 0.717) is 0 Å². The third-order valence-corrected chi connectivity index (χ3v) is 1.97. The van der Waals surface area contributed by atoms with E-state index in [2.05, 4.69) is 9.47 Å². The van der Waals surface area contributed by atoms with Gasteiger partial charge in [0.1, 0.15) is 5.75 Å². The molecule has 15 heavy (non-hydrogen) atoms. The average molecular weight is 212 g/mol. The van der Waals surface area contributed by atoms with Crippen molar-refractivity contribution < 1.29 is 24.5 Å². The average Bonchev–Trinajstić information content (AvgIpc) is 2.28. The third-order valence-electron chi connectivity index (χ3n) is 1.97. The van der Waals surface area contributed by atoms with Crippen molar-refractivity contribution in [2.75, 3.05) is 14.2 Å². The van der Waals surface area contributed by atoms with Crippen molar-refractivity contribution in [3.8, 4) is 5.75 Å². The molecule has 1 aromatic rings. The predicted molar refractivity (Wildman–Crippen MR) is 51.4 cm³/mol. The molecule has 0 amide bonds. The lowest BCUT2D eigenvalue weighted by Gasteiger charge is -2.22. The standard InChI is InChI=1S/C10H12O5/c1-14-10(13,15-2)9(12)7-3-5-8(11)6-4-7/h3-6,11,13H,1-2H3. The van der Waals surface area contributed by atoms with Gasteiger partial charge in [-0.25, -0.2) is 0 Å². The van der Waals surface area contributed by atoms with Crippen LogP contribution in [-0.2, 0) is 9.47 Å². The van der Waals surface area contributed by atoms with E-state index in [4.69, 9.17) is 5.11 Å². The van der Waals surface area contributed by atoms with E-state index in [1.807, 2.05) is 0 Å². The number of carbonyl (C=O) groups excluding carboxylic acids is 1. The molecule has 0 atom stereocenters. The summed E-state index contributed by atoms with van der Waals surface area (Å²) in [6, 6.07) is 5.39. The molecule has 0 spiro atoms. The maximum Gasteiger partial charge on any atom is 0.348 e. The van der Waals surface area contributed by atoms with E-state index in [1.54, 1.807) is 0 Å². The molecule has 0 fully saturated rings. The van der Waals surface area contributed by atoms with Crippen molar-refractivity contribution in [2.24, 2.45) is 0 Å². The lowest BCUT2D eigenvalue weighted by molar-refractivity contribution is -0.298. The molecular formula is C10H12O5. The molecule has 0 unspecified atom stereocenters. The summed E-state index contributed by atoms with van der Waals surface area (Å²) in [5, 5.41) is 18.6. The zero-order valence-electron chi connectivity index (χ0n) is 8.43. The molecule has 0 bridgehead atoms. The first kappa shape index (κ1) is 11.6. The van der Waals surface area contributed by atoms with Gasteiger partial charge < -0.3 is 19.7 Å². The summed E-state index contributed by atoms with van der Waals surface area (Å²) in [5.41, 5.74) is 0.180. The zero-order chi connectivity index (χ0) is 11.5. The molecule has 0 aromatic heterocycles. The zero-order valence-corrected chi connectivity index (χ0v) is 8.43. The Hall–Kier alpha value is -1.43. The highest BCUT2D eigenvalue weighted by Gasteiger charge is 2.37. The first-order chi connectivity index (χ1) is 7.03. The van der Waals surface area contributed by atoms with Crippen LogP contribution in [-0.4, -0.2) is 36.2 Å². The van der Waals surface area contributed by atoms with E-state index in [-0.39, 0.29) is 11.3 Å². The molecule has 0 aliphatic carbocycles. The van der Waals surface area contributed by atoms with E-state index < -0.39 is 11.8 Å². The number of phenolic OH excluding ortho intramolecular Hbond substituents is 1. The maximum atomic E-state index is 11.7. The number of carbonyl (C=O) groups is 1. The van der Waals surface area contributed by atoms with Crippen LogP contribution in [0.15, 0.2) is 24.3 Å². The summed E-state index contributed by atoms with van der Waals surface area (Å²) >= 11 is 0. The number of methoxy groups -OCH3 is 2. The summed E-state index contributed by atoms with van der Waals surface area (Å²) in [6.45, 7) is 0. The van der Waals surface area contributed by atoms with Crippen molar-refractivity contribution in [2.45, 2.75) is 5.97 Å². The van der Waals surface area contributed by atoms with Gasteiger partial charge in [0.05, 0.1) is 0 Å². The molecule has 82 valence electrons. The van der Waals surface area contributed by atoms with Crippen LogP contribution in [0, 0.1) is 0 Å². The van der Waals surface area contributed by atoms with Gasteiger partial charge in [0.15, 0.2) is 0 Å². The maximum absolute atomic E-state index is 11.7. The van der Waals surface area contributed by atoms with Crippen LogP contribution in [0.5, 0.6) is 5.75 Å². The first-order valence-electron chi connectivity index (χ1n) is 4.20. The minimum atomic E-state index is -2.28. The molecule has 0 saturated heterocycles. The van der Waals surface area contributed by atoms with E-state index in [9.17, 15) is 9.90 Å². The van der Waals surface area contributed by atoms with Crippen molar-refractivity contribution >= 4 is 5.78 Å². The third kappa shape index (κ3) is 2.33. The number of hydrogen-bond acceptors (Lipinski definition) is 5. The molecule has 0 heterocycles. The highest BCUT2D eigenvalue weighted by Crippen LogP contribution is 2.17. The Balaban J connectivity index is 2.98. The quantitative estimate of drug-likeness (QED) is 0.562. The van der Waals surface area contributed by atoms with Crippen molar-refractivity contribution in [1.29, 1.82) is 0 Å². The number of hydrogen-bond donors (Lipinski definition) is 2. The van der Waals surface area contributed by atoms with Gasteiger partial charge in [-0.2, -0.15) is 0 Å². The Kier molecular flexibility index (Phi) is 3.41. The summed E-state index contributed by atoms with van der Waals surface area (Å²) in [7, 11) is 2.31. The molecule has 2 N–H and O–H groups in total. The smallest absolute Gasteiger partial charge is 0.348 e. The number of Topliss-reactive ketones (excluding diaryl/α,β-unsaturated/α-hetero) is 1. The highest BCUT2D eigenvalue weighted by molar-refractivity contribution is 6.00. The summed E-state index contributed by atoms with van der Waals surface area (Å²) in [6.07, 6.45) is 0. The summed E-state index contributed by atoms with van der Waals surface area (Å²) in [5.74, 6) is -2.98. The Bertz CT molecular complexity index is 339. The molecule has 5 nitrogen and oxygen atoms in total. The van der Waals surface area contributed by atoms with Gasteiger partial charge in [0.2, 0.25) is 0 Å². The number of rotatable bonds is 4. The fourth-order valence-corrected chi connectivity index (χ4v) is 1.06. The van der Waals surface area contributed by atoms with E-state index in [0.717, 1.165) is 14.2 Å². The number of phenols is 1. The second-order valence-corrected chi connectivity index (χ2v) is 2.87. The van der Waals surface area contributed by atoms with Gasteiger partial charge in [0, 0.05) is 19.8 Å². The number of benzene rings is 1. The number of ketones is 1. The summed E-state index contributed by atoms with van der Waals surface area (Å²) < 4.78 is 9.11. The van der Waals surface area contributed by atoms with Crippen molar-refractivity contribution in [3.63, 3.8) is 0 Å². The van der Waals surface area contributed by atoms with Crippen LogP contribution < -0.4 is 0 Å². The van der Waals surface area contributed by atoms with Crippen LogP contribution >= 0.6 is 0 Å². The molecule has 1 aromatic carbocycles. The summed E-state index contributed by atoms with van der Waals surface area (Å²) in [4.78, 5) is 11.7. The molecule has 0 saturated carbocycles. The highest BCUT2D eigenvalue weighted by atomic mass is 16.8. The largest absolute Gasteiger partial charge is 0.508 e. The second-order valence-electron chi connectivity index (χ2n) is 2.87. The SMILES string of the molecule is COC(O)(OC)C(=O)c1ccc(O)cc1. The Morgan fingerprint density at radius 1 is 1.20 bits per heavy atom. The minimum Gasteiger partial charge on any atom is -0.508 e. The molecular weight excluding hydrogens is 200 g/mol. The molecule has 5 heteroatoms. The molecule has 0 radical (unpaired) electrons. The Morgan fingerprint density at radius 2 is 1.67 bits per heavy atom. The minimum absolute atomic E-state index is 0.0323. The molecule has 1 rings (SSSR count). The molecule has 0 aliphatic heterocycles. The second kappa shape index (κ2) is 4.39. The predicted octanol–water partition coefficient (Wildman–Crippen LogP) is 0.514. The first-order valence-corrected chi connectivity index (χ1v) is 4.20. The number of aliphatic hydroxyl groups is 1. The van der Waals surface area contributed by atoms with Crippen LogP contribution in [0.25, 0.3) is 0 Å². The van der Waals surface area contributed by atoms with Crippen LogP contribution in [0.2, 0.25) is 0 Å². The van der Waals surface area contributed by atoms with E-state index >= 15 is 0 Å².